The standard InChI is InChI=1S/C46H33N5/c1-47-45(49-46(33-17-7-3-8-18-33)48-31-32-15-5-2-6-16-32)34-25-28-43-40(29-34)38-22-12-14-24-42(38)51(43)36-26-27-39-37-21-11-13-23-41(37)50(44(39)30-36)35-19-9-4-10-20-35/h2-30H,1,31H2. The zero-order valence-electron chi connectivity index (χ0n) is 27.9. The fourth-order valence-electron chi connectivity index (χ4n) is 7.16. The maximum Gasteiger partial charge on any atom is 0.161 e. The Hall–Kier alpha value is -6.85. The van der Waals surface area contributed by atoms with Crippen LogP contribution in [0.1, 0.15) is 16.7 Å². The minimum atomic E-state index is 0.513. The van der Waals surface area contributed by atoms with Crippen LogP contribution in [0.4, 0.5) is 0 Å². The molecule has 0 unspecified atom stereocenters. The van der Waals surface area contributed by atoms with E-state index in [9.17, 15) is 0 Å². The summed E-state index contributed by atoms with van der Waals surface area (Å²) in [6.45, 7) is 4.45. The molecule has 51 heavy (non-hydrogen) atoms. The van der Waals surface area contributed by atoms with Gasteiger partial charge >= 0.3 is 0 Å². The zero-order valence-corrected chi connectivity index (χ0v) is 27.9. The smallest absolute Gasteiger partial charge is 0.161 e. The van der Waals surface area contributed by atoms with Gasteiger partial charge in [0.15, 0.2) is 11.7 Å². The van der Waals surface area contributed by atoms with Gasteiger partial charge < -0.3 is 9.13 Å². The number of nitrogens with zero attached hydrogens (tertiary/aromatic N) is 5. The number of benzene rings is 7. The minimum Gasteiger partial charge on any atom is -0.309 e. The third kappa shape index (κ3) is 5.42. The predicted molar refractivity (Wildman–Crippen MR) is 214 cm³/mol. The quantitative estimate of drug-likeness (QED) is 0.126. The number of fused-ring (bicyclic) bond motifs is 6. The topological polar surface area (TPSA) is 46.9 Å². The van der Waals surface area contributed by atoms with E-state index in [1.165, 1.54) is 16.3 Å². The third-order valence-electron chi connectivity index (χ3n) is 9.51. The van der Waals surface area contributed by atoms with E-state index >= 15 is 0 Å². The Bertz CT molecular complexity index is 2770. The van der Waals surface area contributed by atoms with Crippen LogP contribution in [-0.2, 0) is 6.54 Å². The molecule has 0 fully saturated rings. The van der Waals surface area contributed by atoms with Crippen molar-refractivity contribution in [1.29, 1.82) is 0 Å². The molecule has 0 amide bonds. The van der Waals surface area contributed by atoms with Crippen molar-refractivity contribution in [2.45, 2.75) is 6.54 Å². The Morgan fingerprint density at radius 1 is 0.431 bits per heavy atom. The van der Waals surface area contributed by atoms with E-state index < -0.39 is 0 Å². The number of amidine groups is 2. The van der Waals surface area contributed by atoms with Crippen LogP contribution in [0.2, 0.25) is 0 Å². The number of aliphatic imine (C=N–C) groups is 3. The van der Waals surface area contributed by atoms with Gasteiger partial charge in [-0.1, -0.05) is 121 Å². The summed E-state index contributed by atoms with van der Waals surface area (Å²) in [7, 11) is 0. The first-order chi connectivity index (χ1) is 25.3. The molecule has 7 aromatic carbocycles. The van der Waals surface area contributed by atoms with E-state index in [1.54, 1.807) is 0 Å². The molecule has 5 nitrogen and oxygen atoms in total. The fraction of sp³-hybridized carbons (Fsp3) is 0.0217. The van der Waals surface area contributed by atoms with Crippen molar-refractivity contribution in [3.8, 4) is 11.4 Å². The predicted octanol–water partition coefficient (Wildman–Crippen LogP) is 11.0. The summed E-state index contributed by atoms with van der Waals surface area (Å²) < 4.78 is 4.72. The molecule has 9 aromatic rings. The monoisotopic (exact) mass is 655 g/mol. The van der Waals surface area contributed by atoms with Gasteiger partial charge in [0.2, 0.25) is 0 Å². The van der Waals surface area contributed by atoms with Crippen LogP contribution >= 0.6 is 0 Å². The molecule has 2 aromatic heterocycles. The molecule has 242 valence electrons. The Balaban J connectivity index is 1.20. The van der Waals surface area contributed by atoms with Gasteiger partial charge in [-0.2, -0.15) is 0 Å². The van der Waals surface area contributed by atoms with Gasteiger partial charge in [-0.15, -0.1) is 0 Å². The number of para-hydroxylation sites is 3. The second kappa shape index (κ2) is 12.9. The zero-order chi connectivity index (χ0) is 34.1. The molecule has 0 radical (unpaired) electrons. The van der Waals surface area contributed by atoms with E-state index in [-0.39, 0.29) is 0 Å². The fourth-order valence-corrected chi connectivity index (χ4v) is 7.16. The Labute approximate surface area is 295 Å². The van der Waals surface area contributed by atoms with Crippen LogP contribution in [0.15, 0.2) is 191 Å². The largest absolute Gasteiger partial charge is 0.309 e. The van der Waals surface area contributed by atoms with E-state index in [0.29, 0.717) is 18.2 Å². The molecular formula is C46H33N5. The van der Waals surface area contributed by atoms with E-state index in [2.05, 4.69) is 148 Å². The van der Waals surface area contributed by atoms with Crippen molar-refractivity contribution in [2.24, 2.45) is 15.0 Å². The maximum absolute atomic E-state index is 5.02. The Morgan fingerprint density at radius 2 is 1.00 bits per heavy atom. The van der Waals surface area contributed by atoms with Gasteiger partial charge in [-0.05, 0) is 66.9 Å². The molecule has 0 saturated carbocycles. The lowest BCUT2D eigenvalue weighted by molar-refractivity contribution is 1.06. The first kappa shape index (κ1) is 30.2. The van der Waals surface area contributed by atoms with E-state index in [1.807, 2.05) is 48.5 Å². The second-order valence-electron chi connectivity index (χ2n) is 12.6. The molecule has 0 aliphatic carbocycles. The molecule has 0 spiro atoms. The van der Waals surface area contributed by atoms with Crippen LogP contribution in [0.25, 0.3) is 55.0 Å². The highest BCUT2D eigenvalue weighted by molar-refractivity contribution is 6.16. The third-order valence-corrected chi connectivity index (χ3v) is 9.51. The van der Waals surface area contributed by atoms with Crippen molar-refractivity contribution in [1.82, 2.24) is 9.13 Å². The summed E-state index contributed by atoms with van der Waals surface area (Å²) in [4.78, 5) is 14.4. The van der Waals surface area contributed by atoms with Gasteiger partial charge in [0.05, 0.1) is 28.6 Å². The summed E-state index contributed by atoms with van der Waals surface area (Å²) in [6, 6.07) is 61.3. The number of hydrogen-bond acceptors (Lipinski definition) is 1. The number of hydrogen-bond donors (Lipinski definition) is 0. The van der Waals surface area contributed by atoms with E-state index in [0.717, 1.165) is 55.4 Å². The first-order valence-corrected chi connectivity index (χ1v) is 17.1. The molecular weight excluding hydrogens is 623 g/mol. The highest BCUT2D eigenvalue weighted by Gasteiger charge is 2.17. The van der Waals surface area contributed by atoms with Crippen molar-refractivity contribution in [3.63, 3.8) is 0 Å². The van der Waals surface area contributed by atoms with Gasteiger partial charge in [-0.3, -0.25) is 4.99 Å². The lowest BCUT2D eigenvalue weighted by Crippen LogP contribution is -2.05. The highest BCUT2D eigenvalue weighted by atomic mass is 15.0. The average Bonchev–Trinajstić information content (AvgIpc) is 3.71. The lowest BCUT2D eigenvalue weighted by atomic mass is 10.1. The van der Waals surface area contributed by atoms with Crippen LogP contribution in [0.3, 0.4) is 0 Å². The van der Waals surface area contributed by atoms with Gasteiger partial charge in [0.25, 0.3) is 0 Å². The summed E-state index contributed by atoms with van der Waals surface area (Å²) in [5.41, 5.74) is 9.74. The van der Waals surface area contributed by atoms with Crippen molar-refractivity contribution < 1.29 is 0 Å². The maximum atomic E-state index is 5.02. The molecule has 0 atom stereocenters. The first-order valence-electron chi connectivity index (χ1n) is 17.1. The highest BCUT2D eigenvalue weighted by Crippen LogP contribution is 2.37. The molecule has 0 saturated heterocycles. The van der Waals surface area contributed by atoms with Crippen LogP contribution in [0.5, 0.6) is 0 Å². The minimum absolute atomic E-state index is 0.513. The van der Waals surface area contributed by atoms with Gasteiger partial charge in [-0.25, -0.2) is 9.98 Å². The van der Waals surface area contributed by atoms with Crippen molar-refractivity contribution in [3.05, 3.63) is 193 Å². The summed E-state index contributed by atoms with van der Waals surface area (Å²) >= 11 is 0. The lowest BCUT2D eigenvalue weighted by Gasteiger charge is -2.11. The Kier molecular flexibility index (Phi) is 7.63. The number of rotatable bonds is 6. The molecule has 5 heteroatoms. The summed E-state index contributed by atoms with van der Waals surface area (Å²) in [5, 5.41) is 4.73. The molecule has 0 aliphatic heterocycles. The molecule has 2 heterocycles. The second-order valence-corrected chi connectivity index (χ2v) is 12.6. The van der Waals surface area contributed by atoms with E-state index in [4.69, 9.17) is 9.98 Å². The molecule has 0 aliphatic rings. The van der Waals surface area contributed by atoms with Gasteiger partial charge in [0, 0.05) is 44.0 Å². The van der Waals surface area contributed by atoms with Crippen LogP contribution in [0, 0.1) is 0 Å². The van der Waals surface area contributed by atoms with Crippen LogP contribution < -0.4 is 0 Å². The summed E-state index contributed by atoms with van der Waals surface area (Å²) in [5.74, 6) is 1.14. The molecule has 9 rings (SSSR count). The number of aromatic nitrogens is 2. The molecule has 0 bridgehead atoms. The van der Waals surface area contributed by atoms with Gasteiger partial charge in [0.1, 0.15) is 0 Å². The molecule has 0 N–H and O–H groups in total. The van der Waals surface area contributed by atoms with Crippen LogP contribution in [-0.4, -0.2) is 27.5 Å². The Morgan fingerprint density at radius 3 is 1.71 bits per heavy atom. The SMILES string of the molecule is C=NC(=NC(=NCc1ccccc1)c1ccccc1)c1ccc2c(c1)c1ccccc1n2-c1ccc2c3ccccc3n(-c3ccccc3)c2c1. The summed E-state index contributed by atoms with van der Waals surface area (Å²) in [6.07, 6.45) is 0. The average molecular weight is 656 g/mol. The normalized spacial score (nSPS) is 12.3. The van der Waals surface area contributed by atoms with Crippen molar-refractivity contribution >= 4 is 62.0 Å². The van der Waals surface area contributed by atoms with Crippen molar-refractivity contribution in [2.75, 3.05) is 0 Å².